The lowest BCUT2D eigenvalue weighted by molar-refractivity contribution is 0.473. The van der Waals surface area contributed by atoms with Crippen molar-refractivity contribution < 1.29 is 13.2 Å². The van der Waals surface area contributed by atoms with Gasteiger partial charge in [-0.1, -0.05) is 49.7 Å². The molecular weight excluding hydrogens is 333 g/mol. The molecule has 134 valence electrons. The number of halogens is 3. The third-order valence-electron chi connectivity index (χ3n) is 5.53. The molecule has 3 aromatic rings. The van der Waals surface area contributed by atoms with E-state index < -0.39 is 11.6 Å². The van der Waals surface area contributed by atoms with E-state index >= 15 is 4.39 Å². The van der Waals surface area contributed by atoms with Crippen LogP contribution in [0.5, 0.6) is 0 Å². The van der Waals surface area contributed by atoms with Gasteiger partial charge in [0.1, 0.15) is 5.82 Å². The van der Waals surface area contributed by atoms with E-state index in [2.05, 4.69) is 13.0 Å². The molecule has 0 N–H and O–H groups in total. The van der Waals surface area contributed by atoms with Crippen LogP contribution in [0.2, 0.25) is 0 Å². The fraction of sp³-hybridized carbons (Fsp3) is 0.304. The predicted octanol–water partition coefficient (Wildman–Crippen LogP) is 6.48. The smallest absolute Gasteiger partial charge is 0.162 e. The van der Waals surface area contributed by atoms with Crippen molar-refractivity contribution in [2.45, 2.75) is 44.9 Å². The van der Waals surface area contributed by atoms with Crippen LogP contribution in [0.3, 0.4) is 0 Å². The van der Waals surface area contributed by atoms with E-state index in [-0.39, 0.29) is 11.7 Å². The molecule has 1 aliphatic carbocycles. The Morgan fingerprint density at radius 3 is 2.62 bits per heavy atom. The van der Waals surface area contributed by atoms with E-state index in [1.165, 1.54) is 11.6 Å². The van der Waals surface area contributed by atoms with Crippen molar-refractivity contribution in [1.29, 1.82) is 0 Å². The number of aryl methyl sites for hydroxylation is 1. The monoisotopic (exact) mass is 354 g/mol. The summed E-state index contributed by atoms with van der Waals surface area (Å²) in [5.74, 6) is -1.74. The van der Waals surface area contributed by atoms with Crippen molar-refractivity contribution in [1.82, 2.24) is 0 Å². The Bertz CT molecular complexity index is 975. The Balaban J connectivity index is 1.70. The first-order valence-electron chi connectivity index (χ1n) is 9.25. The molecule has 0 aliphatic heterocycles. The molecule has 0 bridgehead atoms. The van der Waals surface area contributed by atoms with Crippen LogP contribution >= 0.6 is 0 Å². The summed E-state index contributed by atoms with van der Waals surface area (Å²) in [6, 6.07) is 12.6. The zero-order valence-corrected chi connectivity index (χ0v) is 14.8. The summed E-state index contributed by atoms with van der Waals surface area (Å²) < 4.78 is 42.5. The van der Waals surface area contributed by atoms with Crippen LogP contribution in [-0.2, 0) is 19.3 Å². The molecule has 0 heterocycles. The zero-order chi connectivity index (χ0) is 18.3. The minimum atomic E-state index is -0.804. The molecule has 1 atom stereocenters. The topological polar surface area (TPSA) is 0 Å². The van der Waals surface area contributed by atoms with E-state index in [0.29, 0.717) is 35.8 Å². The molecule has 0 saturated carbocycles. The lowest BCUT2D eigenvalue weighted by Crippen LogP contribution is -2.16. The van der Waals surface area contributed by atoms with Crippen molar-refractivity contribution in [2.75, 3.05) is 0 Å². The minimum Gasteiger partial charge on any atom is -0.206 e. The molecule has 1 unspecified atom stereocenters. The quantitative estimate of drug-likeness (QED) is 0.505. The van der Waals surface area contributed by atoms with Crippen molar-refractivity contribution in [3.8, 4) is 0 Å². The number of rotatable bonds is 3. The number of hydrogen-bond acceptors (Lipinski definition) is 0. The average molecular weight is 354 g/mol. The standard InChI is InChI=1S/C23H21F3/c1-2-3-14-4-8-18-15(12-14)5-9-19(22(18)25)16-6-10-20-17(13-16)7-11-21(24)23(20)26/h4-5,7-9,11-12,16H,2-3,6,10,13H2,1H3. The first kappa shape index (κ1) is 17.1. The Morgan fingerprint density at radius 1 is 0.962 bits per heavy atom. The molecule has 0 saturated heterocycles. The summed E-state index contributed by atoms with van der Waals surface area (Å²) in [6.45, 7) is 2.13. The summed E-state index contributed by atoms with van der Waals surface area (Å²) in [5, 5.41) is 1.56. The summed E-state index contributed by atoms with van der Waals surface area (Å²) in [5.41, 5.74) is 3.14. The van der Waals surface area contributed by atoms with Gasteiger partial charge in [0.15, 0.2) is 11.6 Å². The van der Waals surface area contributed by atoms with Gasteiger partial charge in [-0.25, -0.2) is 13.2 Å². The summed E-state index contributed by atoms with van der Waals surface area (Å²) in [7, 11) is 0. The van der Waals surface area contributed by atoms with Gasteiger partial charge < -0.3 is 0 Å². The highest BCUT2D eigenvalue weighted by molar-refractivity contribution is 5.84. The molecule has 0 fully saturated rings. The van der Waals surface area contributed by atoms with E-state index in [1.54, 1.807) is 6.07 Å². The molecule has 0 nitrogen and oxygen atoms in total. The van der Waals surface area contributed by atoms with Gasteiger partial charge in [0.25, 0.3) is 0 Å². The SMILES string of the molecule is CCCc1ccc2c(F)c(C3CCc4c(ccc(F)c4F)C3)ccc2c1. The van der Waals surface area contributed by atoms with Crippen molar-refractivity contribution in [2.24, 2.45) is 0 Å². The van der Waals surface area contributed by atoms with Crippen molar-refractivity contribution in [3.63, 3.8) is 0 Å². The van der Waals surface area contributed by atoms with E-state index in [9.17, 15) is 8.78 Å². The van der Waals surface area contributed by atoms with Crippen LogP contribution in [0.25, 0.3) is 10.8 Å². The molecule has 0 amide bonds. The van der Waals surface area contributed by atoms with Gasteiger partial charge in [0, 0.05) is 5.39 Å². The highest BCUT2D eigenvalue weighted by atomic mass is 19.2. The Morgan fingerprint density at radius 2 is 1.81 bits per heavy atom. The number of hydrogen-bond donors (Lipinski definition) is 0. The van der Waals surface area contributed by atoms with Crippen LogP contribution in [-0.4, -0.2) is 0 Å². The second-order valence-corrected chi connectivity index (χ2v) is 7.21. The van der Waals surface area contributed by atoms with E-state index in [0.717, 1.165) is 23.8 Å². The van der Waals surface area contributed by atoms with Gasteiger partial charge >= 0.3 is 0 Å². The first-order chi connectivity index (χ1) is 12.6. The molecular formula is C23H21F3. The van der Waals surface area contributed by atoms with Crippen molar-refractivity contribution >= 4 is 10.8 Å². The average Bonchev–Trinajstić information content (AvgIpc) is 2.65. The lowest BCUT2D eigenvalue weighted by Gasteiger charge is -2.26. The fourth-order valence-corrected chi connectivity index (χ4v) is 4.16. The minimum absolute atomic E-state index is 0.00733. The summed E-state index contributed by atoms with van der Waals surface area (Å²) >= 11 is 0. The molecule has 0 aromatic heterocycles. The van der Waals surface area contributed by atoms with Gasteiger partial charge in [0.05, 0.1) is 0 Å². The predicted molar refractivity (Wildman–Crippen MR) is 99.0 cm³/mol. The van der Waals surface area contributed by atoms with Crippen LogP contribution in [0.15, 0.2) is 42.5 Å². The second kappa shape index (κ2) is 6.79. The third-order valence-corrected chi connectivity index (χ3v) is 5.53. The molecule has 26 heavy (non-hydrogen) atoms. The summed E-state index contributed by atoms with van der Waals surface area (Å²) in [4.78, 5) is 0. The maximum absolute atomic E-state index is 15.2. The molecule has 0 radical (unpaired) electrons. The largest absolute Gasteiger partial charge is 0.206 e. The van der Waals surface area contributed by atoms with Gasteiger partial charge in [-0.2, -0.15) is 0 Å². The maximum Gasteiger partial charge on any atom is 0.162 e. The first-order valence-corrected chi connectivity index (χ1v) is 9.25. The fourth-order valence-electron chi connectivity index (χ4n) is 4.16. The van der Waals surface area contributed by atoms with Gasteiger partial charge in [-0.05, 0) is 65.3 Å². The lowest BCUT2D eigenvalue weighted by atomic mass is 9.79. The molecule has 0 spiro atoms. The molecule has 3 heteroatoms. The van der Waals surface area contributed by atoms with Crippen LogP contribution in [0.4, 0.5) is 13.2 Å². The molecule has 4 rings (SSSR count). The highest BCUT2D eigenvalue weighted by Crippen LogP contribution is 2.37. The molecule has 1 aliphatic rings. The summed E-state index contributed by atoms with van der Waals surface area (Å²) in [6.07, 6.45) is 3.66. The second-order valence-electron chi connectivity index (χ2n) is 7.21. The Kier molecular flexibility index (Phi) is 4.47. The van der Waals surface area contributed by atoms with Crippen LogP contribution < -0.4 is 0 Å². The highest BCUT2D eigenvalue weighted by Gasteiger charge is 2.26. The van der Waals surface area contributed by atoms with Crippen LogP contribution in [0, 0.1) is 17.5 Å². The van der Waals surface area contributed by atoms with E-state index in [1.807, 2.05) is 24.3 Å². The Labute approximate surface area is 151 Å². The Hall–Kier alpha value is -2.29. The zero-order valence-electron chi connectivity index (χ0n) is 14.8. The number of fused-ring (bicyclic) bond motifs is 2. The molecule has 3 aromatic carbocycles. The van der Waals surface area contributed by atoms with Gasteiger partial charge in [-0.3, -0.25) is 0 Å². The van der Waals surface area contributed by atoms with Gasteiger partial charge in [0.2, 0.25) is 0 Å². The normalized spacial score (nSPS) is 16.7. The van der Waals surface area contributed by atoms with Crippen molar-refractivity contribution in [3.05, 3.63) is 82.2 Å². The third kappa shape index (κ3) is 2.90. The van der Waals surface area contributed by atoms with Gasteiger partial charge in [-0.15, -0.1) is 0 Å². The van der Waals surface area contributed by atoms with E-state index in [4.69, 9.17) is 0 Å². The maximum atomic E-state index is 15.2. The van der Waals surface area contributed by atoms with Crippen LogP contribution in [0.1, 0.15) is 47.9 Å². The number of benzene rings is 3.